The topological polar surface area (TPSA) is 22.1 Å². The van der Waals surface area contributed by atoms with Gasteiger partial charge < -0.3 is 4.74 Å². The lowest BCUT2D eigenvalue weighted by atomic mass is 9.91. The zero-order chi connectivity index (χ0) is 11.9. The van der Waals surface area contributed by atoms with Gasteiger partial charge in [-0.1, -0.05) is 34.6 Å². The molecule has 0 spiro atoms. The molecule has 2 heteroatoms. The molecule has 2 rings (SSSR count). The Morgan fingerprint density at radius 3 is 2.56 bits per heavy atom. The van der Waals surface area contributed by atoms with Crippen LogP contribution in [0, 0.1) is 5.92 Å². The standard InChI is InChI=1S/C14H21NO/c1-9(2)12-8-10-11(16-12)6-7-13(15-10)14(3,4)5/h6-7,9,12H,8H2,1-5H3. The minimum Gasteiger partial charge on any atom is -0.488 e. The largest absolute Gasteiger partial charge is 0.488 e. The molecule has 0 N–H and O–H groups in total. The molecule has 0 aromatic carbocycles. The number of rotatable bonds is 1. The number of hydrogen-bond donors (Lipinski definition) is 0. The van der Waals surface area contributed by atoms with Gasteiger partial charge in [-0.3, -0.25) is 4.98 Å². The van der Waals surface area contributed by atoms with E-state index in [1.54, 1.807) is 0 Å². The highest BCUT2D eigenvalue weighted by molar-refractivity contribution is 5.35. The second-order valence-electron chi connectivity index (χ2n) is 6.00. The van der Waals surface area contributed by atoms with Gasteiger partial charge in [0, 0.05) is 17.5 Å². The van der Waals surface area contributed by atoms with Gasteiger partial charge >= 0.3 is 0 Å². The van der Waals surface area contributed by atoms with Gasteiger partial charge in [0.1, 0.15) is 11.9 Å². The van der Waals surface area contributed by atoms with Gasteiger partial charge in [0.25, 0.3) is 0 Å². The number of aromatic nitrogens is 1. The lowest BCUT2D eigenvalue weighted by Gasteiger charge is -2.17. The van der Waals surface area contributed by atoms with Gasteiger partial charge in [0.15, 0.2) is 0 Å². The third kappa shape index (κ3) is 2.06. The van der Waals surface area contributed by atoms with Crippen molar-refractivity contribution in [1.29, 1.82) is 0 Å². The number of hydrogen-bond acceptors (Lipinski definition) is 2. The predicted octanol–water partition coefficient (Wildman–Crippen LogP) is 3.34. The first-order chi connectivity index (χ1) is 7.38. The van der Waals surface area contributed by atoms with Crippen LogP contribution in [0.1, 0.15) is 46.0 Å². The lowest BCUT2D eigenvalue weighted by Crippen LogP contribution is -2.20. The quantitative estimate of drug-likeness (QED) is 0.722. The highest BCUT2D eigenvalue weighted by Gasteiger charge is 2.28. The highest BCUT2D eigenvalue weighted by Crippen LogP contribution is 2.32. The maximum absolute atomic E-state index is 5.87. The Morgan fingerprint density at radius 1 is 1.31 bits per heavy atom. The van der Waals surface area contributed by atoms with Crippen molar-refractivity contribution in [3.05, 3.63) is 23.5 Å². The van der Waals surface area contributed by atoms with E-state index in [2.05, 4.69) is 46.8 Å². The number of nitrogens with zero attached hydrogens (tertiary/aromatic N) is 1. The molecule has 0 amide bonds. The van der Waals surface area contributed by atoms with E-state index in [9.17, 15) is 0 Å². The van der Waals surface area contributed by atoms with Crippen LogP contribution in [-0.2, 0) is 11.8 Å². The molecule has 1 atom stereocenters. The van der Waals surface area contributed by atoms with Gasteiger partial charge in [0.05, 0.1) is 5.69 Å². The van der Waals surface area contributed by atoms with Crippen molar-refractivity contribution in [2.24, 2.45) is 5.92 Å². The molecule has 0 saturated heterocycles. The summed E-state index contributed by atoms with van der Waals surface area (Å²) >= 11 is 0. The molecule has 1 aromatic heterocycles. The van der Waals surface area contributed by atoms with Crippen LogP contribution in [0.25, 0.3) is 0 Å². The molecule has 0 aliphatic carbocycles. The third-order valence-corrected chi connectivity index (χ3v) is 3.12. The normalized spacial score (nSPS) is 19.8. The molecule has 1 aromatic rings. The summed E-state index contributed by atoms with van der Waals surface area (Å²) < 4.78 is 5.87. The Bertz CT molecular complexity index is 390. The third-order valence-electron chi connectivity index (χ3n) is 3.12. The van der Waals surface area contributed by atoms with Crippen LogP contribution in [0.3, 0.4) is 0 Å². The summed E-state index contributed by atoms with van der Waals surface area (Å²) in [6.07, 6.45) is 1.26. The van der Waals surface area contributed by atoms with Crippen molar-refractivity contribution in [3.8, 4) is 5.75 Å². The Morgan fingerprint density at radius 2 is 2.00 bits per heavy atom. The van der Waals surface area contributed by atoms with E-state index in [4.69, 9.17) is 9.72 Å². The summed E-state index contributed by atoms with van der Waals surface area (Å²) in [7, 11) is 0. The molecular formula is C14H21NO. The summed E-state index contributed by atoms with van der Waals surface area (Å²) in [6, 6.07) is 4.16. The maximum Gasteiger partial charge on any atom is 0.141 e. The van der Waals surface area contributed by atoms with Crippen LogP contribution in [0.5, 0.6) is 5.75 Å². The maximum atomic E-state index is 5.87. The minimum atomic E-state index is 0.116. The molecule has 16 heavy (non-hydrogen) atoms. The Labute approximate surface area is 98.0 Å². The first kappa shape index (κ1) is 11.4. The van der Waals surface area contributed by atoms with E-state index in [1.807, 2.05) is 0 Å². The number of pyridine rings is 1. The second kappa shape index (κ2) is 3.76. The first-order valence-electron chi connectivity index (χ1n) is 6.05. The average Bonchev–Trinajstić information content (AvgIpc) is 2.58. The van der Waals surface area contributed by atoms with E-state index in [0.29, 0.717) is 12.0 Å². The van der Waals surface area contributed by atoms with Crippen LogP contribution in [-0.4, -0.2) is 11.1 Å². The fourth-order valence-corrected chi connectivity index (χ4v) is 1.93. The molecular weight excluding hydrogens is 198 g/mol. The summed E-state index contributed by atoms with van der Waals surface area (Å²) in [5.41, 5.74) is 2.40. The summed E-state index contributed by atoms with van der Waals surface area (Å²) in [5, 5.41) is 0. The second-order valence-corrected chi connectivity index (χ2v) is 6.00. The minimum absolute atomic E-state index is 0.116. The van der Waals surface area contributed by atoms with Crippen molar-refractivity contribution in [2.45, 2.75) is 52.6 Å². The summed E-state index contributed by atoms with van der Waals surface area (Å²) in [5.74, 6) is 1.53. The van der Waals surface area contributed by atoms with Gasteiger partial charge in [0.2, 0.25) is 0 Å². The number of fused-ring (bicyclic) bond motifs is 1. The average molecular weight is 219 g/mol. The molecule has 1 unspecified atom stereocenters. The summed E-state index contributed by atoms with van der Waals surface area (Å²) in [4.78, 5) is 4.73. The molecule has 88 valence electrons. The monoisotopic (exact) mass is 219 g/mol. The fourth-order valence-electron chi connectivity index (χ4n) is 1.93. The molecule has 0 saturated carbocycles. The zero-order valence-corrected chi connectivity index (χ0v) is 10.9. The fraction of sp³-hybridized carbons (Fsp3) is 0.643. The Kier molecular flexibility index (Phi) is 2.69. The van der Waals surface area contributed by atoms with Crippen LogP contribution < -0.4 is 4.74 Å². The van der Waals surface area contributed by atoms with E-state index < -0.39 is 0 Å². The van der Waals surface area contributed by atoms with Crippen molar-refractivity contribution < 1.29 is 4.74 Å². The number of ether oxygens (including phenoxy) is 1. The van der Waals surface area contributed by atoms with E-state index in [0.717, 1.165) is 23.6 Å². The van der Waals surface area contributed by atoms with Crippen LogP contribution in [0.2, 0.25) is 0 Å². The van der Waals surface area contributed by atoms with Crippen molar-refractivity contribution in [1.82, 2.24) is 4.98 Å². The molecule has 1 aliphatic rings. The molecule has 0 radical (unpaired) electrons. The Hall–Kier alpha value is -1.05. The SMILES string of the molecule is CC(C)C1Cc2nc(C(C)(C)C)ccc2O1. The van der Waals surface area contributed by atoms with E-state index in [-0.39, 0.29) is 5.41 Å². The predicted molar refractivity (Wildman–Crippen MR) is 65.9 cm³/mol. The summed E-state index contributed by atoms with van der Waals surface area (Å²) in [6.45, 7) is 11.0. The van der Waals surface area contributed by atoms with Crippen LogP contribution in [0.15, 0.2) is 12.1 Å². The van der Waals surface area contributed by atoms with Crippen molar-refractivity contribution in [3.63, 3.8) is 0 Å². The molecule has 2 heterocycles. The molecule has 2 nitrogen and oxygen atoms in total. The first-order valence-corrected chi connectivity index (χ1v) is 6.05. The molecule has 1 aliphatic heterocycles. The smallest absolute Gasteiger partial charge is 0.141 e. The van der Waals surface area contributed by atoms with Gasteiger partial charge in [-0.05, 0) is 18.1 Å². The van der Waals surface area contributed by atoms with E-state index in [1.165, 1.54) is 0 Å². The van der Waals surface area contributed by atoms with Gasteiger partial charge in [-0.2, -0.15) is 0 Å². The highest BCUT2D eigenvalue weighted by atomic mass is 16.5. The molecule has 0 bridgehead atoms. The lowest BCUT2D eigenvalue weighted by molar-refractivity contribution is 0.178. The van der Waals surface area contributed by atoms with Gasteiger partial charge in [-0.25, -0.2) is 0 Å². The van der Waals surface area contributed by atoms with Crippen LogP contribution in [0.4, 0.5) is 0 Å². The molecule has 0 fully saturated rings. The Balaban J connectivity index is 2.28. The van der Waals surface area contributed by atoms with Crippen molar-refractivity contribution >= 4 is 0 Å². The van der Waals surface area contributed by atoms with Gasteiger partial charge in [-0.15, -0.1) is 0 Å². The van der Waals surface area contributed by atoms with Crippen LogP contribution >= 0.6 is 0 Å². The van der Waals surface area contributed by atoms with E-state index >= 15 is 0 Å². The zero-order valence-electron chi connectivity index (χ0n) is 10.9. The van der Waals surface area contributed by atoms with Crippen molar-refractivity contribution in [2.75, 3.05) is 0 Å².